The Morgan fingerprint density at radius 2 is 2.20 bits per heavy atom. The lowest BCUT2D eigenvalue weighted by atomic mass is 10.2. The first-order valence-corrected chi connectivity index (χ1v) is 5.26. The summed E-state index contributed by atoms with van der Waals surface area (Å²) in [5.41, 5.74) is 1.91. The van der Waals surface area contributed by atoms with Crippen molar-refractivity contribution in [2.45, 2.75) is 32.9 Å². The molecular formula is C11H19N3O. The normalized spacial score (nSPS) is 12.7. The van der Waals surface area contributed by atoms with Crippen molar-refractivity contribution in [3.63, 3.8) is 0 Å². The smallest absolute Gasteiger partial charge is 0.0724 e. The summed E-state index contributed by atoms with van der Waals surface area (Å²) in [4.78, 5) is 8.47. The van der Waals surface area contributed by atoms with Gasteiger partial charge in [0.1, 0.15) is 0 Å². The van der Waals surface area contributed by atoms with Crippen LogP contribution in [0, 0.1) is 6.92 Å². The second-order valence-corrected chi connectivity index (χ2v) is 3.59. The van der Waals surface area contributed by atoms with Crippen LogP contribution in [0.3, 0.4) is 0 Å². The molecule has 0 amide bonds. The van der Waals surface area contributed by atoms with E-state index in [1.165, 1.54) is 0 Å². The predicted octanol–water partition coefficient (Wildman–Crippen LogP) is 1.30. The zero-order valence-corrected chi connectivity index (χ0v) is 9.66. The highest BCUT2D eigenvalue weighted by Crippen LogP contribution is 1.97. The van der Waals surface area contributed by atoms with E-state index in [-0.39, 0.29) is 0 Å². The first-order chi connectivity index (χ1) is 7.26. The molecule has 0 aliphatic carbocycles. The largest absolute Gasteiger partial charge is 0.383 e. The lowest BCUT2D eigenvalue weighted by Gasteiger charge is -2.15. The van der Waals surface area contributed by atoms with Crippen LogP contribution in [0.5, 0.6) is 0 Å². The second-order valence-electron chi connectivity index (χ2n) is 3.59. The molecule has 0 aliphatic rings. The molecule has 1 heterocycles. The molecule has 1 aromatic heterocycles. The summed E-state index contributed by atoms with van der Waals surface area (Å²) in [6.07, 6.45) is 4.64. The molecule has 1 unspecified atom stereocenters. The fraction of sp³-hybridized carbons (Fsp3) is 0.636. The Morgan fingerprint density at radius 3 is 2.73 bits per heavy atom. The van der Waals surface area contributed by atoms with Crippen LogP contribution in [0.4, 0.5) is 0 Å². The van der Waals surface area contributed by atoms with Crippen molar-refractivity contribution in [1.29, 1.82) is 0 Å². The maximum Gasteiger partial charge on any atom is 0.0724 e. The van der Waals surface area contributed by atoms with E-state index in [1.807, 2.05) is 13.1 Å². The molecule has 84 valence electrons. The van der Waals surface area contributed by atoms with E-state index in [2.05, 4.69) is 22.2 Å². The fourth-order valence-corrected chi connectivity index (χ4v) is 1.28. The second kappa shape index (κ2) is 6.48. The summed E-state index contributed by atoms with van der Waals surface area (Å²) in [5.74, 6) is 0. The van der Waals surface area contributed by atoms with Crippen molar-refractivity contribution in [2.75, 3.05) is 13.7 Å². The average Bonchev–Trinajstić information content (AvgIpc) is 2.26. The molecule has 0 aromatic carbocycles. The fourth-order valence-electron chi connectivity index (χ4n) is 1.28. The van der Waals surface area contributed by atoms with Crippen molar-refractivity contribution < 1.29 is 4.74 Å². The van der Waals surface area contributed by atoms with Crippen molar-refractivity contribution >= 4 is 0 Å². The van der Waals surface area contributed by atoms with E-state index in [1.54, 1.807) is 13.3 Å². The van der Waals surface area contributed by atoms with Gasteiger partial charge in [0.05, 0.1) is 18.0 Å². The maximum atomic E-state index is 5.10. The van der Waals surface area contributed by atoms with E-state index < -0.39 is 0 Å². The van der Waals surface area contributed by atoms with Crippen LogP contribution in [0.15, 0.2) is 12.4 Å². The van der Waals surface area contributed by atoms with Crippen LogP contribution < -0.4 is 5.32 Å². The van der Waals surface area contributed by atoms with Crippen LogP contribution in [0.2, 0.25) is 0 Å². The first kappa shape index (κ1) is 12.1. The minimum atomic E-state index is 0.387. The number of rotatable bonds is 6. The van der Waals surface area contributed by atoms with Crippen LogP contribution in [-0.4, -0.2) is 29.7 Å². The van der Waals surface area contributed by atoms with Gasteiger partial charge in [-0.1, -0.05) is 6.92 Å². The molecule has 1 atom stereocenters. The molecule has 0 fully saturated rings. The lowest BCUT2D eigenvalue weighted by molar-refractivity contribution is 0.163. The van der Waals surface area contributed by atoms with Gasteiger partial charge in [0.15, 0.2) is 0 Å². The molecule has 1 N–H and O–H groups in total. The Kier molecular flexibility index (Phi) is 5.21. The third-order valence-corrected chi connectivity index (χ3v) is 2.27. The quantitative estimate of drug-likeness (QED) is 0.767. The van der Waals surface area contributed by atoms with Crippen molar-refractivity contribution in [1.82, 2.24) is 15.3 Å². The number of nitrogens with zero attached hydrogens (tertiary/aromatic N) is 2. The third kappa shape index (κ3) is 4.36. The molecule has 1 aromatic rings. The van der Waals surface area contributed by atoms with Gasteiger partial charge in [-0.15, -0.1) is 0 Å². The van der Waals surface area contributed by atoms with Crippen LogP contribution >= 0.6 is 0 Å². The molecule has 0 aliphatic heterocycles. The highest BCUT2D eigenvalue weighted by molar-refractivity contribution is 5.00. The van der Waals surface area contributed by atoms with Gasteiger partial charge in [0, 0.05) is 32.1 Å². The standard InChI is InChI=1S/C11H19N3O/c1-4-10(8-15-3)14-7-11-6-12-9(2)5-13-11/h5-6,10,14H,4,7-8H2,1-3H3. The highest BCUT2D eigenvalue weighted by atomic mass is 16.5. The first-order valence-electron chi connectivity index (χ1n) is 5.26. The third-order valence-electron chi connectivity index (χ3n) is 2.27. The summed E-state index contributed by atoms with van der Waals surface area (Å²) < 4.78 is 5.10. The zero-order chi connectivity index (χ0) is 11.1. The number of hydrogen-bond acceptors (Lipinski definition) is 4. The van der Waals surface area contributed by atoms with Gasteiger partial charge >= 0.3 is 0 Å². The van der Waals surface area contributed by atoms with E-state index in [9.17, 15) is 0 Å². The molecule has 4 heteroatoms. The number of methoxy groups -OCH3 is 1. The van der Waals surface area contributed by atoms with Crippen LogP contribution in [0.25, 0.3) is 0 Å². The minimum absolute atomic E-state index is 0.387. The molecule has 15 heavy (non-hydrogen) atoms. The van der Waals surface area contributed by atoms with Crippen molar-refractivity contribution in [3.8, 4) is 0 Å². The Labute approximate surface area is 91.1 Å². The summed E-state index contributed by atoms with van der Waals surface area (Å²) in [7, 11) is 1.72. The van der Waals surface area contributed by atoms with E-state index in [0.29, 0.717) is 6.04 Å². The van der Waals surface area contributed by atoms with Gasteiger partial charge in [-0.25, -0.2) is 0 Å². The number of ether oxygens (including phenoxy) is 1. The van der Waals surface area contributed by atoms with Crippen molar-refractivity contribution in [2.24, 2.45) is 0 Å². The molecule has 4 nitrogen and oxygen atoms in total. The van der Waals surface area contributed by atoms with Gasteiger partial charge in [0.25, 0.3) is 0 Å². The lowest BCUT2D eigenvalue weighted by Crippen LogP contribution is -2.32. The Bertz CT molecular complexity index is 274. The topological polar surface area (TPSA) is 47.0 Å². The van der Waals surface area contributed by atoms with Gasteiger partial charge in [0.2, 0.25) is 0 Å². The molecule has 0 saturated heterocycles. The maximum absolute atomic E-state index is 5.10. The van der Waals surface area contributed by atoms with Crippen LogP contribution in [-0.2, 0) is 11.3 Å². The van der Waals surface area contributed by atoms with Gasteiger partial charge < -0.3 is 10.1 Å². The van der Waals surface area contributed by atoms with E-state index in [0.717, 1.165) is 31.0 Å². The molecule has 0 spiro atoms. The summed E-state index contributed by atoms with van der Waals surface area (Å²) in [6.45, 7) is 5.55. The van der Waals surface area contributed by atoms with Gasteiger partial charge in [-0.2, -0.15) is 0 Å². The number of aromatic nitrogens is 2. The molecule has 1 rings (SSSR count). The Hall–Kier alpha value is -1.00. The molecular weight excluding hydrogens is 190 g/mol. The Balaban J connectivity index is 2.38. The van der Waals surface area contributed by atoms with Crippen molar-refractivity contribution in [3.05, 3.63) is 23.8 Å². The summed E-state index contributed by atoms with van der Waals surface area (Å²) >= 11 is 0. The number of nitrogens with one attached hydrogen (secondary N) is 1. The highest BCUT2D eigenvalue weighted by Gasteiger charge is 2.04. The van der Waals surface area contributed by atoms with Crippen LogP contribution in [0.1, 0.15) is 24.7 Å². The number of hydrogen-bond donors (Lipinski definition) is 1. The number of aryl methyl sites for hydroxylation is 1. The van der Waals surface area contributed by atoms with E-state index >= 15 is 0 Å². The summed E-state index contributed by atoms with van der Waals surface area (Å²) in [5, 5.41) is 3.38. The molecule has 0 saturated carbocycles. The predicted molar refractivity (Wildman–Crippen MR) is 59.6 cm³/mol. The van der Waals surface area contributed by atoms with Gasteiger partial charge in [-0.3, -0.25) is 9.97 Å². The molecule has 0 radical (unpaired) electrons. The average molecular weight is 209 g/mol. The molecule has 0 bridgehead atoms. The monoisotopic (exact) mass is 209 g/mol. The zero-order valence-electron chi connectivity index (χ0n) is 9.66. The Morgan fingerprint density at radius 1 is 1.40 bits per heavy atom. The van der Waals surface area contributed by atoms with E-state index in [4.69, 9.17) is 4.74 Å². The SMILES string of the molecule is CCC(COC)NCc1cnc(C)cn1. The summed E-state index contributed by atoms with van der Waals surface area (Å²) in [6, 6.07) is 0.387. The minimum Gasteiger partial charge on any atom is -0.383 e. The van der Waals surface area contributed by atoms with Gasteiger partial charge in [-0.05, 0) is 13.3 Å².